The predicted octanol–water partition coefficient (Wildman–Crippen LogP) is 4.41. The summed E-state index contributed by atoms with van der Waals surface area (Å²) in [5.74, 6) is 1.41. The Kier molecular flexibility index (Phi) is 4.84. The number of aryl methyl sites for hydroxylation is 2. The minimum Gasteiger partial charge on any atom is -0.437 e. The van der Waals surface area contributed by atoms with E-state index in [1.165, 1.54) is 13.3 Å². The first-order chi connectivity index (χ1) is 12.4. The molecule has 3 N–H and O–H groups in total. The summed E-state index contributed by atoms with van der Waals surface area (Å²) >= 11 is 0. The maximum atomic E-state index is 11.4. The van der Waals surface area contributed by atoms with E-state index in [4.69, 9.17) is 10.5 Å². The van der Waals surface area contributed by atoms with Crippen molar-refractivity contribution in [2.45, 2.75) is 20.8 Å². The molecular weight excluding hydrogens is 328 g/mol. The van der Waals surface area contributed by atoms with E-state index in [1.807, 2.05) is 26.0 Å². The fourth-order valence-corrected chi connectivity index (χ4v) is 2.59. The lowest BCUT2D eigenvalue weighted by atomic mass is 10.1. The van der Waals surface area contributed by atoms with Gasteiger partial charge in [-0.15, -0.1) is 0 Å². The minimum atomic E-state index is 0.0160. The number of ether oxygens (including phenoxy) is 1. The summed E-state index contributed by atoms with van der Waals surface area (Å²) in [6.45, 7) is 5.53. The van der Waals surface area contributed by atoms with Crippen LogP contribution < -0.4 is 15.8 Å². The van der Waals surface area contributed by atoms with Crippen molar-refractivity contribution in [1.29, 1.82) is 0 Å². The normalized spacial score (nSPS) is 10.4. The first-order valence-electron chi connectivity index (χ1n) is 8.17. The number of rotatable bonds is 5. The Balaban J connectivity index is 1.83. The molecule has 0 bridgehead atoms. The van der Waals surface area contributed by atoms with E-state index in [0.717, 1.165) is 16.8 Å². The van der Waals surface area contributed by atoms with Crippen LogP contribution in [-0.2, 0) is 0 Å². The zero-order valence-electron chi connectivity index (χ0n) is 14.9. The Hall–Kier alpha value is -3.41. The summed E-state index contributed by atoms with van der Waals surface area (Å²) in [5.41, 5.74) is 10.1. The van der Waals surface area contributed by atoms with Gasteiger partial charge in [0.05, 0.1) is 0 Å². The lowest BCUT2D eigenvalue weighted by Gasteiger charge is -2.12. The first kappa shape index (κ1) is 17.4. The first-order valence-corrected chi connectivity index (χ1v) is 8.17. The van der Waals surface area contributed by atoms with Gasteiger partial charge in [-0.25, -0.2) is 4.98 Å². The summed E-state index contributed by atoms with van der Waals surface area (Å²) in [6.07, 6.45) is 1.39. The van der Waals surface area contributed by atoms with Crippen LogP contribution in [0.1, 0.15) is 28.4 Å². The number of hydrogen-bond acceptors (Lipinski definition) is 6. The largest absolute Gasteiger partial charge is 0.437 e. The van der Waals surface area contributed by atoms with Gasteiger partial charge in [-0.2, -0.15) is 4.98 Å². The molecule has 0 fully saturated rings. The molecule has 0 unspecified atom stereocenters. The number of anilines is 3. The smallest absolute Gasteiger partial charge is 0.248 e. The number of nitrogens with one attached hydrogen (secondary N) is 1. The molecule has 0 radical (unpaired) electrons. The van der Waals surface area contributed by atoms with Crippen molar-refractivity contribution in [3.8, 4) is 11.6 Å². The molecule has 6 heteroatoms. The van der Waals surface area contributed by atoms with Gasteiger partial charge in [-0.1, -0.05) is 6.07 Å². The maximum absolute atomic E-state index is 11.4. The van der Waals surface area contributed by atoms with E-state index < -0.39 is 0 Å². The topological polar surface area (TPSA) is 90.1 Å². The van der Waals surface area contributed by atoms with E-state index in [9.17, 15) is 4.79 Å². The molecule has 0 amide bonds. The van der Waals surface area contributed by atoms with Gasteiger partial charge in [0.1, 0.15) is 17.8 Å². The average Bonchev–Trinajstić information content (AvgIpc) is 2.58. The lowest BCUT2D eigenvalue weighted by Crippen LogP contribution is -2.03. The highest BCUT2D eigenvalue weighted by atomic mass is 16.5. The summed E-state index contributed by atoms with van der Waals surface area (Å²) in [5, 5.41) is 3.12. The number of Topliss-reactive ketones (excluding diaryl/α,β-unsaturated/α-hetero) is 1. The molecule has 132 valence electrons. The monoisotopic (exact) mass is 348 g/mol. The second kappa shape index (κ2) is 7.23. The SMILES string of the molecule is CC(=O)c1ccc(Nc2ncnc(Oc3cc(C)cc(C)c3)c2N)cc1. The molecule has 26 heavy (non-hydrogen) atoms. The molecule has 0 aliphatic heterocycles. The number of carbonyl (C=O) groups is 1. The molecule has 3 rings (SSSR count). The molecule has 0 saturated heterocycles. The van der Waals surface area contributed by atoms with E-state index >= 15 is 0 Å². The standard InChI is InChI=1S/C20H20N4O2/c1-12-8-13(2)10-17(9-12)26-20-18(21)19(22-11-23-20)24-16-6-4-15(5-7-16)14(3)25/h4-11H,21H2,1-3H3,(H,22,23,24). The number of nitrogen functional groups attached to an aromatic ring is 1. The second-order valence-electron chi connectivity index (χ2n) is 6.13. The van der Waals surface area contributed by atoms with E-state index in [1.54, 1.807) is 24.3 Å². The van der Waals surface area contributed by atoms with Crippen molar-refractivity contribution in [3.63, 3.8) is 0 Å². The molecule has 1 heterocycles. The molecule has 6 nitrogen and oxygen atoms in total. The lowest BCUT2D eigenvalue weighted by molar-refractivity contribution is 0.101. The van der Waals surface area contributed by atoms with Gasteiger partial charge in [0.2, 0.25) is 5.88 Å². The maximum Gasteiger partial charge on any atom is 0.248 e. The molecule has 0 aliphatic carbocycles. The number of benzene rings is 2. The number of nitrogens with zero attached hydrogens (tertiary/aromatic N) is 2. The third kappa shape index (κ3) is 3.97. The number of ketones is 1. The van der Waals surface area contributed by atoms with E-state index in [2.05, 4.69) is 21.4 Å². The molecule has 3 aromatic rings. The van der Waals surface area contributed by atoms with Gasteiger partial charge in [0.25, 0.3) is 0 Å². The molecule has 1 aromatic heterocycles. The third-order valence-electron chi connectivity index (χ3n) is 3.81. The van der Waals surface area contributed by atoms with E-state index in [0.29, 0.717) is 22.8 Å². The minimum absolute atomic E-state index is 0.0160. The predicted molar refractivity (Wildman–Crippen MR) is 102 cm³/mol. The molecule has 0 aliphatic rings. The average molecular weight is 348 g/mol. The fraction of sp³-hybridized carbons (Fsp3) is 0.150. The molecule has 2 aromatic carbocycles. The van der Waals surface area contributed by atoms with Gasteiger partial charge >= 0.3 is 0 Å². The van der Waals surface area contributed by atoms with Crippen LogP contribution >= 0.6 is 0 Å². The van der Waals surface area contributed by atoms with Crippen molar-refractivity contribution in [3.05, 3.63) is 65.5 Å². The Morgan fingerprint density at radius 3 is 2.31 bits per heavy atom. The number of nitrogens with two attached hydrogens (primary N) is 1. The zero-order valence-corrected chi connectivity index (χ0v) is 14.9. The highest BCUT2D eigenvalue weighted by molar-refractivity contribution is 5.94. The van der Waals surface area contributed by atoms with Crippen molar-refractivity contribution < 1.29 is 9.53 Å². The molecule has 0 spiro atoms. The fourth-order valence-electron chi connectivity index (χ4n) is 2.59. The number of aromatic nitrogens is 2. The van der Waals surface area contributed by atoms with Crippen LogP contribution in [-0.4, -0.2) is 15.8 Å². The Morgan fingerprint density at radius 2 is 1.69 bits per heavy atom. The van der Waals surface area contributed by atoms with Crippen molar-refractivity contribution >= 4 is 23.0 Å². The van der Waals surface area contributed by atoms with Crippen molar-refractivity contribution in [2.75, 3.05) is 11.1 Å². The van der Waals surface area contributed by atoms with Gasteiger partial charge in [0, 0.05) is 11.3 Å². The van der Waals surface area contributed by atoms with Crippen molar-refractivity contribution in [2.24, 2.45) is 0 Å². The second-order valence-corrected chi connectivity index (χ2v) is 6.13. The summed E-state index contributed by atoms with van der Waals surface area (Å²) in [7, 11) is 0. The Bertz CT molecular complexity index is 932. The quantitative estimate of drug-likeness (QED) is 0.664. The number of carbonyl (C=O) groups excluding carboxylic acids is 1. The summed E-state index contributed by atoms with van der Waals surface area (Å²) in [6, 6.07) is 13.0. The summed E-state index contributed by atoms with van der Waals surface area (Å²) in [4.78, 5) is 19.7. The molecule has 0 atom stereocenters. The Morgan fingerprint density at radius 1 is 1.04 bits per heavy atom. The summed E-state index contributed by atoms with van der Waals surface area (Å²) < 4.78 is 5.84. The van der Waals surface area contributed by atoms with Gasteiger partial charge in [0.15, 0.2) is 11.6 Å². The van der Waals surface area contributed by atoms with E-state index in [-0.39, 0.29) is 11.7 Å². The van der Waals surface area contributed by atoms with Crippen LogP contribution in [0.25, 0.3) is 0 Å². The van der Waals surface area contributed by atoms with Crippen LogP contribution in [0.4, 0.5) is 17.2 Å². The zero-order chi connectivity index (χ0) is 18.7. The van der Waals surface area contributed by atoms with Gasteiger partial charge < -0.3 is 15.8 Å². The van der Waals surface area contributed by atoms with Crippen LogP contribution in [0.3, 0.4) is 0 Å². The highest BCUT2D eigenvalue weighted by Gasteiger charge is 2.11. The Labute approximate surface area is 152 Å². The van der Waals surface area contributed by atoms with Gasteiger partial charge in [-0.3, -0.25) is 4.79 Å². The van der Waals surface area contributed by atoms with Gasteiger partial charge in [-0.05, 0) is 68.3 Å². The molecule has 0 saturated carbocycles. The highest BCUT2D eigenvalue weighted by Crippen LogP contribution is 2.31. The van der Waals surface area contributed by atoms with Crippen molar-refractivity contribution in [1.82, 2.24) is 9.97 Å². The van der Waals surface area contributed by atoms with Crippen LogP contribution in [0.15, 0.2) is 48.8 Å². The third-order valence-corrected chi connectivity index (χ3v) is 3.81. The number of hydrogen-bond donors (Lipinski definition) is 2. The van der Waals surface area contributed by atoms with Crippen LogP contribution in [0.5, 0.6) is 11.6 Å². The van der Waals surface area contributed by atoms with Crippen LogP contribution in [0.2, 0.25) is 0 Å². The van der Waals surface area contributed by atoms with Crippen LogP contribution in [0, 0.1) is 13.8 Å². The molecular formula is C20H20N4O2.